The molecule has 0 bridgehead atoms. The summed E-state index contributed by atoms with van der Waals surface area (Å²) in [4.78, 5) is 17.2. The lowest BCUT2D eigenvalue weighted by molar-refractivity contribution is 0.0692. The zero-order valence-corrected chi connectivity index (χ0v) is 25.7. The first-order valence-electron chi connectivity index (χ1n) is 15.3. The monoisotopic (exact) mass is 550 g/mol. The third-order valence-corrected chi connectivity index (χ3v) is 7.21. The second-order valence-electron chi connectivity index (χ2n) is 10.5. The molecular weight excluding hydrogens is 499 g/mol. The average molecular weight is 551 g/mol. The molecule has 0 radical (unpaired) electrons. The quantitative estimate of drug-likeness (QED) is 0.347. The Morgan fingerprint density at radius 3 is 2.15 bits per heavy atom. The van der Waals surface area contributed by atoms with Crippen molar-refractivity contribution < 1.29 is 9.18 Å². The van der Waals surface area contributed by atoms with Crippen LogP contribution in [-0.2, 0) is 6.42 Å². The van der Waals surface area contributed by atoms with Crippen LogP contribution >= 0.6 is 0 Å². The number of nitrogens with zero attached hydrogens (tertiary/aromatic N) is 3. The van der Waals surface area contributed by atoms with Crippen molar-refractivity contribution >= 4 is 17.3 Å². The Labute approximate surface area is 242 Å². The van der Waals surface area contributed by atoms with Crippen LogP contribution in [0.25, 0.3) is 5.70 Å². The van der Waals surface area contributed by atoms with Crippen LogP contribution in [0.4, 0.5) is 4.39 Å². The fourth-order valence-corrected chi connectivity index (χ4v) is 5.09. The second kappa shape index (κ2) is 17.6. The van der Waals surface area contributed by atoms with Crippen molar-refractivity contribution in [2.75, 3.05) is 32.7 Å². The first kappa shape index (κ1) is 33.2. The molecule has 2 aromatic rings. The molecule has 40 heavy (non-hydrogen) atoms. The lowest BCUT2D eigenvalue weighted by Crippen LogP contribution is -2.38. The molecule has 1 N–H and O–H groups in total. The van der Waals surface area contributed by atoms with Crippen molar-refractivity contribution in [3.05, 3.63) is 77.1 Å². The summed E-state index contributed by atoms with van der Waals surface area (Å²) in [6.07, 6.45) is 6.32. The van der Waals surface area contributed by atoms with Gasteiger partial charge in [-0.25, -0.2) is 4.39 Å². The van der Waals surface area contributed by atoms with Crippen LogP contribution in [-0.4, -0.2) is 54.1 Å². The molecule has 5 nitrogen and oxygen atoms in total. The highest BCUT2D eigenvalue weighted by atomic mass is 19.1. The van der Waals surface area contributed by atoms with Crippen molar-refractivity contribution in [1.82, 2.24) is 15.2 Å². The molecule has 0 aromatic heterocycles. The Kier molecular flexibility index (Phi) is 14.7. The summed E-state index contributed by atoms with van der Waals surface area (Å²) in [6, 6.07) is 12.7. The molecule has 6 heteroatoms. The van der Waals surface area contributed by atoms with Gasteiger partial charge in [0.15, 0.2) is 0 Å². The number of hydrogen-bond acceptors (Lipinski definition) is 4. The number of carbonyl (C=O) groups is 1. The summed E-state index contributed by atoms with van der Waals surface area (Å²) in [5, 5.41) is 4.42. The van der Waals surface area contributed by atoms with Crippen LogP contribution in [0, 0.1) is 11.7 Å². The number of halogens is 1. The summed E-state index contributed by atoms with van der Waals surface area (Å²) < 4.78 is 14.4. The highest BCUT2D eigenvalue weighted by Crippen LogP contribution is 2.24. The summed E-state index contributed by atoms with van der Waals surface area (Å²) in [6.45, 7) is 22.1. The predicted octanol–water partition coefficient (Wildman–Crippen LogP) is 7.76. The van der Waals surface area contributed by atoms with Crippen LogP contribution in [0.3, 0.4) is 0 Å². The molecule has 1 saturated heterocycles. The minimum atomic E-state index is -0.468. The van der Waals surface area contributed by atoms with Crippen LogP contribution in [0.1, 0.15) is 101 Å². The van der Waals surface area contributed by atoms with E-state index in [4.69, 9.17) is 0 Å². The van der Waals surface area contributed by atoms with E-state index in [1.165, 1.54) is 45.0 Å². The maximum atomic E-state index is 14.4. The van der Waals surface area contributed by atoms with Crippen molar-refractivity contribution in [3.8, 4) is 0 Å². The van der Waals surface area contributed by atoms with Crippen molar-refractivity contribution in [1.29, 1.82) is 0 Å². The Balaban J connectivity index is 0.000000398. The number of benzene rings is 2. The normalized spacial score (nSPS) is 14.8. The van der Waals surface area contributed by atoms with E-state index in [1.807, 2.05) is 38.1 Å². The zero-order chi connectivity index (χ0) is 29.5. The molecule has 0 atom stereocenters. The van der Waals surface area contributed by atoms with E-state index in [1.54, 1.807) is 17.0 Å². The van der Waals surface area contributed by atoms with Gasteiger partial charge < -0.3 is 9.80 Å². The summed E-state index contributed by atoms with van der Waals surface area (Å²) in [7, 11) is 0. The van der Waals surface area contributed by atoms with Gasteiger partial charge in [0.1, 0.15) is 5.82 Å². The number of likely N-dealkylation sites (tertiary alicyclic amines) is 1. The topological polar surface area (TPSA) is 47.9 Å². The minimum Gasteiger partial charge on any atom is -0.339 e. The molecular formula is C34H51FN4O. The summed E-state index contributed by atoms with van der Waals surface area (Å²) in [5.74, 6) is -0.0690. The SMILES string of the molecule is C=C1NN=C(Cc2ccc(F)c(C(=O)N3CCC(C)CC3)c2)c2ccccc21.CC.CCCN(CCC)CCC. The van der Waals surface area contributed by atoms with Crippen LogP contribution in [0.2, 0.25) is 0 Å². The number of carbonyl (C=O) groups excluding carboxylic acids is 1. The number of nitrogens with one attached hydrogen (secondary N) is 1. The highest BCUT2D eigenvalue weighted by Gasteiger charge is 2.24. The maximum absolute atomic E-state index is 14.4. The van der Waals surface area contributed by atoms with Crippen LogP contribution in [0.5, 0.6) is 0 Å². The van der Waals surface area contributed by atoms with Crippen LogP contribution < -0.4 is 5.43 Å². The van der Waals surface area contributed by atoms with Crippen molar-refractivity contribution in [3.63, 3.8) is 0 Å². The molecule has 1 fully saturated rings. The molecule has 0 unspecified atom stereocenters. The third-order valence-electron chi connectivity index (χ3n) is 7.21. The van der Waals surface area contributed by atoms with E-state index in [-0.39, 0.29) is 11.5 Å². The Hall–Kier alpha value is -2.99. The maximum Gasteiger partial charge on any atom is 0.256 e. The molecule has 2 heterocycles. The lowest BCUT2D eigenvalue weighted by atomic mass is 9.94. The smallest absolute Gasteiger partial charge is 0.256 e. The van der Waals surface area contributed by atoms with Gasteiger partial charge in [-0.05, 0) is 75.4 Å². The largest absolute Gasteiger partial charge is 0.339 e. The summed E-state index contributed by atoms with van der Waals surface area (Å²) in [5.41, 5.74) is 7.58. The fraction of sp³-hybridized carbons (Fsp3) is 0.529. The fourth-order valence-electron chi connectivity index (χ4n) is 5.09. The number of hydrogen-bond donors (Lipinski definition) is 1. The molecule has 0 spiro atoms. The third kappa shape index (κ3) is 9.58. The van der Waals surface area contributed by atoms with Gasteiger partial charge in [-0.2, -0.15) is 5.10 Å². The van der Waals surface area contributed by atoms with Gasteiger partial charge in [-0.1, -0.05) is 78.5 Å². The molecule has 2 aliphatic heterocycles. The number of rotatable bonds is 9. The molecule has 2 aromatic carbocycles. The predicted molar refractivity (Wildman–Crippen MR) is 168 cm³/mol. The van der Waals surface area contributed by atoms with E-state index in [0.717, 1.165) is 40.9 Å². The van der Waals surface area contributed by atoms with Crippen molar-refractivity contribution in [2.45, 2.75) is 80.1 Å². The molecule has 2 aliphatic rings. The van der Waals surface area contributed by atoms with Gasteiger partial charge in [0.25, 0.3) is 5.91 Å². The molecule has 1 amide bonds. The Morgan fingerprint density at radius 2 is 1.57 bits per heavy atom. The Morgan fingerprint density at radius 1 is 1.00 bits per heavy atom. The van der Waals surface area contributed by atoms with Gasteiger partial charge >= 0.3 is 0 Å². The van der Waals surface area contributed by atoms with Gasteiger partial charge in [0, 0.05) is 30.6 Å². The Bertz CT molecular complexity index is 1090. The average Bonchev–Trinajstić information content (AvgIpc) is 2.97. The number of piperidine rings is 1. The first-order chi connectivity index (χ1) is 19.4. The number of hydrazone groups is 1. The van der Waals surface area contributed by atoms with Gasteiger partial charge in [0.05, 0.1) is 17.0 Å². The number of fused-ring (bicyclic) bond motifs is 1. The van der Waals surface area contributed by atoms with E-state index < -0.39 is 5.82 Å². The second-order valence-corrected chi connectivity index (χ2v) is 10.5. The van der Waals surface area contributed by atoms with Gasteiger partial charge in [0.2, 0.25) is 0 Å². The molecule has 0 saturated carbocycles. The highest BCUT2D eigenvalue weighted by molar-refractivity contribution is 6.07. The van der Waals surface area contributed by atoms with E-state index in [0.29, 0.717) is 25.4 Å². The molecule has 220 valence electrons. The van der Waals surface area contributed by atoms with Gasteiger partial charge in [-0.15, -0.1) is 0 Å². The summed E-state index contributed by atoms with van der Waals surface area (Å²) >= 11 is 0. The van der Waals surface area contributed by atoms with Gasteiger partial charge in [-0.3, -0.25) is 10.2 Å². The lowest BCUT2D eigenvalue weighted by Gasteiger charge is -2.30. The molecule has 0 aliphatic carbocycles. The number of amides is 1. The van der Waals surface area contributed by atoms with Crippen molar-refractivity contribution in [2.24, 2.45) is 11.0 Å². The standard InChI is InChI=1S/C23H24FN3O.C9H21N.C2H6/c1-15-9-11-27(12-10-15)23(28)20-13-17(7-8-21(20)24)14-22-19-6-4-3-5-18(19)16(2)25-26-22;1-4-7-10(8-5-2)9-6-3;1-2/h3-8,13,15,25H,2,9-12,14H2,1H3;4-9H2,1-3H3;1-2H3. The van der Waals surface area contributed by atoms with E-state index in [9.17, 15) is 9.18 Å². The van der Waals surface area contributed by atoms with E-state index in [2.05, 4.69) is 49.7 Å². The first-order valence-corrected chi connectivity index (χ1v) is 15.3. The molecule has 4 rings (SSSR count). The van der Waals surface area contributed by atoms with E-state index >= 15 is 0 Å². The van der Waals surface area contributed by atoms with Crippen LogP contribution in [0.15, 0.2) is 54.1 Å². The minimum absolute atomic E-state index is 0.147. The zero-order valence-electron chi connectivity index (χ0n) is 25.7.